The van der Waals surface area contributed by atoms with Crippen molar-refractivity contribution in [2.75, 3.05) is 31.8 Å². The zero-order valence-corrected chi connectivity index (χ0v) is 18.5. The highest BCUT2D eigenvalue weighted by Gasteiger charge is 2.52. The molecule has 2 aromatic rings. The van der Waals surface area contributed by atoms with Crippen molar-refractivity contribution in [3.63, 3.8) is 0 Å². The average molecular weight is 450 g/mol. The Kier molecular flexibility index (Phi) is 6.32. The molecule has 2 aliphatic rings. The second-order valence-corrected chi connectivity index (χ2v) is 8.93. The number of aryl methyl sites for hydroxylation is 1. The fourth-order valence-electron chi connectivity index (χ4n) is 5.16. The van der Waals surface area contributed by atoms with E-state index in [-0.39, 0.29) is 12.6 Å². The molecule has 0 bridgehead atoms. The molecule has 9 nitrogen and oxygen atoms in total. The van der Waals surface area contributed by atoms with Crippen LogP contribution < -0.4 is 10.5 Å². The molecule has 1 aromatic heterocycles. The van der Waals surface area contributed by atoms with Gasteiger partial charge in [-0.3, -0.25) is 0 Å². The maximum absolute atomic E-state index is 12.4. The van der Waals surface area contributed by atoms with Crippen molar-refractivity contribution in [3.8, 4) is 0 Å². The van der Waals surface area contributed by atoms with Crippen LogP contribution in [0.5, 0.6) is 0 Å². The predicted molar refractivity (Wildman–Crippen MR) is 117 cm³/mol. The zero-order valence-electron chi connectivity index (χ0n) is 18.5. The molecule has 4 rings (SSSR count). The second-order valence-electron chi connectivity index (χ2n) is 8.93. The highest BCUT2D eigenvalue weighted by molar-refractivity contribution is 5.93. The van der Waals surface area contributed by atoms with Gasteiger partial charge in [0.2, 0.25) is 0 Å². The summed E-state index contributed by atoms with van der Waals surface area (Å²) in [7, 11) is 1.38. The number of nitrogens with zero attached hydrogens (tertiary/aromatic N) is 1. The number of rotatable bonds is 5. The van der Waals surface area contributed by atoms with E-state index in [9.17, 15) is 25.2 Å². The van der Waals surface area contributed by atoms with E-state index in [4.69, 9.17) is 13.9 Å². The van der Waals surface area contributed by atoms with E-state index < -0.39 is 42.2 Å². The Bertz CT molecular complexity index is 1040. The van der Waals surface area contributed by atoms with Crippen LogP contribution in [0.25, 0.3) is 11.0 Å². The van der Waals surface area contributed by atoms with E-state index in [1.807, 2.05) is 4.90 Å². The fraction of sp³-hybridized carbons (Fsp3) is 0.609. The maximum atomic E-state index is 12.4. The van der Waals surface area contributed by atoms with Crippen LogP contribution in [0.3, 0.4) is 0 Å². The maximum Gasteiger partial charge on any atom is 0.338 e. The normalized spacial score (nSPS) is 33.2. The lowest BCUT2D eigenvalue weighted by molar-refractivity contribution is -0.279. The van der Waals surface area contributed by atoms with Gasteiger partial charge in [0, 0.05) is 25.1 Å². The van der Waals surface area contributed by atoms with Crippen LogP contribution in [0, 0.1) is 6.92 Å². The molecule has 0 spiro atoms. The Morgan fingerprint density at radius 2 is 2.00 bits per heavy atom. The standard InChI is InChI=1S/C23H31NO8/c1-12-14(21-18(28)19(29)22(30-3)23(2,11-26)32-21)6-7-15-16(9-17(27)31-20(12)15)24-8-4-5-13(24)10-25/h6-7,9,13,18-19,21-22,25-26,28-29H,4-5,8,10-11H2,1-3H3/t13?,18-,19-,21+,22-,23-/m1/s1. The first kappa shape index (κ1) is 23.2. The van der Waals surface area contributed by atoms with Crippen LogP contribution in [-0.4, -0.2) is 77.2 Å². The summed E-state index contributed by atoms with van der Waals surface area (Å²) in [5, 5.41) is 41.8. The number of hydrogen-bond acceptors (Lipinski definition) is 9. The van der Waals surface area contributed by atoms with Gasteiger partial charge in [-0.05, 0) is 43.9 Å². The molecule has 6 atom stereocenters. The summed E-state index contributed by atoms with van der Waals surface area (Å²) in [6.07, 6.45) is -2.74. The van der Waals surface area contributed by atoms with E-state index in [0.29, 0.717) is 22.4 Å². The van der Waals surface area contributed by atoms with E-state index in [2.05, 4.69) is 0 Å². The van der Waals surface area contributed by atoms with Crippen molar-refractivity contribution < 1.29 is 34.3 Å². The summed E-state index contributed by atoms with van der Waals surface area (Å²) in [6, 6.07) is 4.95. The second kappa shape index (κ2) is 8.74. The summed E-state index contributed by atoms with van der Waals surface area (Å²) < 4.78 is 16.9. The van der Waals surface area contributed by atoms with E-state index in [1.54, 1.807) is 26.0 Å². The largest absolute Gasteiger partial charge is 0.422 e. The number of methoxy groups -OCH3 is 1. The molecule has 0 amide bonds. The first-order chi connectivity index (χ1) is 15.3. The Hall–Kier alpha value is -2.01. The van der Waals surface area contributed by atoms with Gasteiger partial charge in [0.05, 0.1) is 24.9 Å². The Morgan fingerprint density at radius 3 is 2.66 bits per heavy atom. The molecule has 2 fully saturated rings. The molecule has 0 aliphatic carbocycles. The average Bonchev–Trinajstić information content (AvgIpc) is 3.26. The summed E-state index contributed by atoms with van der Waals surface area (Å²) >= 11 is 0. The molecule has 32 heavy (non-hydrogen) atoms. The van der Waals surface area contributed by atoms with Gasteiger partial charge in [0.15, 0.2) is 0 Å². The molecular formula is C23H31NO8. The lowest BCUT2D eigenvalue weighted by atomic mass is 9.83. The number of aliphatic hydroxyl groups excluding tert-OH is 4. The van der Waals surface area contributed by atoms with Gasteiger partial charge in [0.25, 0.3) is 0 Å². The molecular weight excluding hydrogens is 418 g/mol. The zero-order chi connectivity index (χ0) is 23.2. The van der Waals surface area contributed by atoms with E-state index in [0.717, 1.165) is 24.8 Å². The van der Waals surface area contributed by atoms with Gasteiger partial charge >= 0.3 is 5.63 Å². The molecule has 4 N–H and O–H groups in total. The highest BCUT2D eigenvalue weighted by Crippen LogP contribution is 2.42. The fourth-order valence-corrected chi connectivity index (χ4v) is 5.16. The summed E-state index contributed by atoms with van der Waals surface area (Å²) in [6.45, 7) is 3.68. The van der Waals surface area contributed by atoms with Crippen LogP contribution in [0.2, 0.25) is 0 Å². The van der Waals surface area contributed by atoms with Gasteiger partial charge in [-0.2, -0.15) is 0 Å². The minimum atomic E-state index is -1.32. The SMILES string of the molecule is CO[C@@H]1[C@H](O)[C@@H](O)[C@H](c2ccc3c(N4CCCC4CO)cc(=O)oc3c2C)O[C@]1(C)CO. The topological polar surface area (TPSA) is 133 Å². The Morgan fingerprint density at radius 1 is 1.25 bits per heavy atom. The summed E-state index contributed by atoms with van der Waals surface area (Å²) in [5.74, 6) is 0. The third kappa shape index (κ3) is 3.63. The molecule has 9 heteroatoms. The minimum absolute atomic E-state index is 0.000803. The van der Waals surface area contributed by atoms with Crippen molar-refractivity contribution in [2.24, 2.45) is 0 Å². The first-order valence-corrected chi connectivity index (χ1v) is 10.9. The molecule has 3 heterocycles. The van der Waals surface area contributed by atoms with E-state index in [1.165, 1.54) is 13.2 Å². The number of ether oxygens (including phenoxy) is 2. The van der Waals surface area contributed by atoms with Crippen molar-refractivity contribution >= 4 is 16.7 Å². The Labute approximate surface area is 185 Å². The summed E-state index contributed by atoms with van der Waals surface area (Å²) in [4.78, 5) is 14.4. The molecule has 2 saturated heterocycles. The van der Waals surface area contributed by atoms with Gasteiger partial charge < -0.3 is 39.2 Å². The number of anilines is 1. The van der Waals surface area contributed by atoms with Crippen molar-refractivity contribution in [1.29, 1.82) is 0 Å². The molecule has 1 aromatic carbocycles. The lowest BCUT2D eigenvalue weighted by Crippen LogP contribution is -2.62. The van der Waals surface area contributed by atoms with Gasteiger partial charge in [0.1, 0.15) is 35.6 Å². The third-order valence-corrected chi connectivity index (χ3v) is 6.92. The third-order valence-electron chi connectivity index (χ3n) is 6.92. The molecule has 0 radical (unpaired) electrons. The van der Waals surface area contributed by atoms with Gasteiger partial charge in [-0.15, -0.1) is 0 Å². The van der Waals surface area contributed by atoms with Crippen LogP contribution in [-0.2, 0) is 9.47 Å². The molecule has 176 valence electrons. The monoisotopic (exact) mass is 449 g/mol. The van der Waals surface area contributed by atoms with Crippen LogP contribution in [0.4, 0.5) is 5.69 Å². The summed E-state index contributed by atoms with van der Waals surface area (Å²) in [5.41, 5.74) is 0.436. The van der Waals surface area contributed by atoms with Crippen LogP contribution in [0.1, 0.15) is 37.0 Å². The van der Waals surface area contributed by atoms with Crippen molar-refractivity contribution in [1.82, 2.24) is 0 Å². The molecule has 0 saturated carbocycles. The van der Waals surface area contributed by atoms with Gasteiger partial charge in [-0.25, -0.2) is 4.79 Å². The van der Waals surface area contributed by atoms with Crippen molar-refractivity contribution in [3.05, 3.63) is 39.7 Å². The predicted octanol–water partition coefficient (Wildman–Crippen LogP) is 0.622. The van der Waals surface area contributed by atoms with Crippen molar-refractivity contribution in [2.45, 2.75) is 62.7 Å². The quantitative estimate of drug-likeness (QED) is 0.485. The first-order valence-electron chi connectivity index (χ1n) is 10.9. The number of benzene rings is 1. The number of hydrogen-bond donors (Lipinski definition) is 4. The molecule has 2 aliphatic heterocycles. The Balaban J connectivity index is 1.82. The van der Waals surface area contributed by atoms with Crippen LogP contribution >= 0.6 is 0 Å². The minimum Gasteiger partial charge on any atom is -0.422 e. The lowest BCUT2D eigenvalue weighted by Gasteiger charge is -2.48. The van der Waals surface area contributed by atoms with E-state index >= 15 is 0 Å². The number of aliphatic hydroxyl groups is 4. The van der Waals surface area contributed by atoms with Crippen LogP contribution in [0.15, 0.2) is 27.4 Å². The number of fused-ring (bicyclic) bond motifs is 1. The smallest absolute Gasteiger partial charge is 0.338 e. The molecule has 1 unspecified atom stereocenters. The van der Waals surface area contributed by atoms with Gasteiger partial charge in [-0.1, -0.05) is 6.07 Å². The highest BCUT2D eigenvalue weighted by atomic mass is 16.6.